The number of nitrogens with one attached hydrogen (secondary N) is 1. The van der Waals surface area contributed by atoms with E-state index in [1.165, 1.54) is 23.7 Å². The Labute approximate surface area is 115 Å². The molecule has 0 spiro atoms. The number of carbonyl (C=O) groups is 2. The van der Waals surface area contributed by atoms with Gasteiger partial charge in [-0.15, -0.1) is 0 Å². The highest BCUT2D eigenvalue weighted by atomic mass is 32.1. The molecule has 2 aromatic heterocycles. The van der Waals surface area contributed by atoms with Gasteiger partial charge in [-0.3, -0.25) is 14.9 Å². The van der Waals surface area contributed by atoms with E-state index >= 15 is 0 Å². The average molecular weight is 293 g/mol. The van der Waals surface area contributed by atoms with Gasteiger partial charge in [0.15, 0.2) is 0 Å². The molecule has 9 heteroatoms. The van der Waals surface area contributed by atoms with Crippen molar-refractivity contribution in [2.45, 2.75) is 0 Å². The van der Waals surface area contributed by atoms with Gasteiger partial charge < -0.3 is 10.4 Å². The smallest absolute Gasteiger partial charge is 0.354 e. The Morgan fingerprint density at radius 3 is 2.75 bits per heavy atom. The molecule has 8 nitrogen and oxygen atoms in total. The van der Waals surface area contributed by atoms with Crippen molar-refractivity contribution in [1.29, 1.82) is 0 Å². The molecule has 0 bridgehead atoms. The van der Waals surface area contributed by atoms with Gasteiger partial charge in [-0.05, 0) is 12.1 Å². The van der Waals surface area contributed by atoms with Crippen molar-refractivity contribution >= 4 is 33.9 Å². The number of pyridine rings is 1. The number of carboxylic acid groups (broad SMARTS) is 1. The molecular formula is C11H7N3O5S. The largest absolute Gasteiger partial charge is 0.477 e. The fraction of sp³-hybridized carbons (Fsp3) is 0. The molecule has 0 unspecified atom stereocenters. The van der Waals surface area contributed by atoms with Crippen molar-refractivity contribution < 1.29 is 19.6 Å². The number of amides is 1. The number of aromatic nitrogens is 1. The maximum Gasteiger partial charge on any atom is 0.354 e. The lowest BCUT2D eigenvalue weighted by Gasteiger charge is -2.03. The third-order valence-electron chi connectivity index (χ3n) is 2.26. The zero-order valence-corrected chi connectivity index (χ0v) is 10.6. The minimum atomic E-state index is -1.22. The number of aromatic carboxylic acids is 1. The van der Waals surface area contributed by atoms with Gasteiger partial charge in [-0.2, -0.15) is 0 Å². The number of nitro groups is 1. The molecule has 0 saturated carbocycles. The van der Waals surface area contributed by atoms with Gasteiger partial charge in [-0.1, -0.05) is 11.3 Å². The minimum Gasteiger partial charge on any atom is -0.477 e. The van der Waals surface area contributed by atoms with Crippen LogP contribution in [0.5, 0.6) is 0 Å². The number of hydrogen-bond donors (Lipinski definition) is 2. The van der Waals surface area contributed by atoms with Crippen LogP contribution < -0.4 is 5.32 Å². The summed E-state index contributed by atoms with van der Waals surface area (Å²) >= 11 is 0.838. The molecule has 0 atom stereocenters. The Bertz CT molecular complexity index is 697. The summed E-state index contributed by atoms with van der Waals surface area (Å²) < 4.78 is 0. The molecule has 2 heterocycles. The summed E-state index contributed by atoms with van der Waals surface area (Å²) in [6.45, 7) is 0. The monoisotopic (exact) mass is 293 g/mol. The lowest BCUT2D eigenvalue weighted by atomic mass is 10.2. The third kappa shape index (κ3) is 2.95. The van der Waals surface area contributed by atoms with Gasteiger partial charge in [0, 0.05) is 23.3 Å². The lowest BCUT2D eigenvalue weighted by molar-refractivity contribution is -0.380. The van der Waals surface area contributed by atoms with E-state index in [9.17, 15) is 19.7 Å². The Morgan fingerprint density at radius 2 is 2.15 bits per heavy atom. The van der Waals surface area contributed by atoms with E-state index in [1.807, 2.05) is 0 Å². The molecule has 0 aromatic carbocycles. The highest BCUT2D eigenvalue weighted by Gasteiger charge is 2.15. The van der Waals surface area contributed by atoms with E-state index in [4.69, 9.17) is 5.11 Å². The van der Waals surface area contributed by atoms with Crippen molar-refractivity contribution in [2.75, 3.05) is 5.32 Å². The van der Waals surface area contributed by atoms with E-state index in [1.54, 1.807) is 0 Å². The maximum absolute atomic E-state index is 11.8. The van der Waals surface area contributed by atoms with E-state index < -0.39 is 16.8 Å². The molecular weight excluding hydrogens is 286 g/mol. The molecule has 2 N–H and O–H groups in total. The predicted molar refractivity (Wildman–Crippen MR) is 70.1 cm³/mol. The first-order chi connectivity index (χ1) is 9.47. The Kier molecular flexibility index (Phi) is 3.71. The second kappa shape index (κ2) is 5.45. The van der Waals surface area contributed by atoms with Crippen molar-refractivity contribution in [1.82, 2.24) is 4.98 Å². The minimum absolute atomic E-state index is 0.135. The first-order valence-corrected chi connectivity index (χ1v) is 6.09. The van der Waals surface area contributed by atoms with Crippen LogP contribution in [0.4, 0.5) is 10.7 Å². The van der Waals surface area contributed by atoms with Crippen molar-refractivity contribution in [2.24, 2.45) is 0 Å². The molecule has 20 heavy (non-hydrogen) atoms. The van der Waals surface area contributed by atoms with Crippen LogP contribution in [0.2, 0.25) is 0 Å². The van der Waals surface area contributed by atoms with Crippen LogP contribution in [0.1, 0.15) is 20.8 Å². The second-order valence-electron chi connectivity index (χ2n) is 3.62. The molecule has 0 fully saturated rings. The number of anilines is 1. The number of carbonyl (C=O) groups excluding carboxylic acids is 1. The summed E-state index contributed by atoms with van der Waals surface area (Å²) in [7, 11) is 0. The Morgan fingerprint density at radius 1 is 1.40 bits per heavy atom. The van der Waals surface area contributed by atoms with E-state index in [0.29, 0.717) is 0 Å². The van der Waals surface area contributed by atoms with Crippen LogP contribution in [-0.2, 0) is 0 Å². The van der Waals surface area contributed by atoms with Crippen molar-refractivity contribution in [3.8, 4) is 0 Å². The zero-order chi connectivity index (χ0) is 14.7. The summed E-state index contributed by atoms with van der Waals surface area (Å²) in [5.74, 6) is -1.77. The topological polar surface area (TPSA) is 122 Å². The predicted octanol–water partition coefficient (Wildman–Crippen LogP) is 2.00. The Hall–Kier alpha value is -2.81. The number of rotatable bonds is 4. The molecule has 2 rings (SSSR count). The molecule has 0 radical (unpaired) electrons. The normalized spacial score (nSPS) is 10.0. The average Bonchev–Trinajstić information content (AvgIpc) is 2.88. The second-order valence-corrected chi connectivity index (χ2v) is 4.51. The fourth-order valence-electron chi connectivity index (χ4n) is 1.37. The van der Waals surface area contributed by atoms with E-state index in [-0.39, 0.29) is 21.9 Å². The SMILES string of the molecule is O=C(Nc1ccnc(C(=O)O)c1)c1csc([N+](=O)[O-])c1. The molecule has 1 amide bonds. The summed E-state index contributed by atoms with van der Waals surface area (Å²) in [6, 6.07) is 3.77. The number of carboxylic acids is 1. The molecule has 0 aliphatic rings. The van der Waals surface area contributed by atoms with Gasteiger partial charge in [-0.25, -0.2) is 9.78 Å². The first kappa shape index (κ1) is 13.6. The van der Waals surface area contributed by atoms with Gasteiger partial charge in [0.05, 0.1) is 10.5 Å². The van der Waals surface area contributed by atoms with Crippen LogP contribution in [0, 0.1) is 10.1 Å². The summed E-state index contributed by atoms with van der Waals surface area (Å²) in [5.41, 5.74) is 0.172. The van der Waals surface area contributed by atoms with Gasteiger partial charge in [0.25, 0.3) is 5.91 Å². The van der Waals surface area contributed by atoms with Crippen LogP contribution >= 0.6 is 11.3 Å². The molecule has 0 aliphatic carbocycles. The lowest BCUT2D eigenvalue weighted by Crippen LogP contribution is -2.12. The molecule has 0 aliphatic heterocycles. The third-order valence-corrected chi connectivity index (χ3v) is 3.14. The van der Waals surface area contributed by atoms with Crippen molar-refractivity contribution in [3.63, 3.8) is 0 Å². The van der Waals surface area contributed by atoms with Crippen LogP contribution in [0.3, 0.4) is 0 Å². The van der Waals surface area contributed by atoms with Crippen LogP contribution in [-0.4, -0.2) is 26.9 Å². The summed E-state index contributed by atoms with van der Waals surface area (Å²) in [6.07, 6.45) is 1.25. The van der Waals surface area contributed by atoms with Crippen LogP contribution in [0.25, 0.3) is 0 Å². The summed E-state index contributed by atoms with van der Waals surface area (Å²) in [4.78, 5) is 36.1. The highest BCUT2D eigenvalue weighted by molar-refractivity contribution is 7.13. The first-order valence-electron chi connectivity index (χ1n) is 5.21. The molecule has 0 saturated heterocycles. The number of nitrogens with zero attached hydrogens (tertiary/aromatic N) is 2. The molecule has 102 valence electrons. The zero-order valence-electron chi connectivity index (χ0n) is 9.77. The molecule has 2 aromatic rings. The maximum atomic E-state index is 11.8. The fourth-order valence-corrected chi connectivity index (χ4v) is 2.07. The Balaban J connectivity index is 2.16. The van der Waals surface area contributed by atoms with Crippen molar-refractivity contribution in [3.05, 3.63) is 51.1 Å². The van der Waals surface area contributed by atoms with Crippen LogP contribution in [0.15, 0.2) is 29.8 Å². The van der Waals surface area contributed by atoms with E-state index in [2.05, 4.69) is 10.3 Å². The van der Waals surface area contributed by atoms with Gasteiger partial charge >= 0.3 is 11.0 Å². The van der Waals surface area contributed by atoms with Gasteiger partial charge in [0.1, 0.15) is 5.69 Å². The highest BCUT2D eigenvalue weighted by Crippen LogP contribution is 2.23. The summed E-state index contributed by atoms with van der Waals surface area (Å²) in [5, 5.41) is 23.0. The number of hydrogen-bond acceptors (Lipinski definition) is 6. The quantitative estimate of drug-likeness (QED) is 0.656. The standard InChI is InChI=1S/C11H7N3O5S/c15-10(6-3-9(14(18)19)20-5-6)13-7-1-2-12-8(4-7)11(16)17/h1-5H,(H,16,17)(H,12,13,15). The number of thiophene rings is 1. The van der Waals surface area contributed by atoms with E-state index in [0.717, 1.165) is 17.4 Å². The van der Waals surface area contributed by atoms with Gasteiger partial charge in [0.2, 0.25) is 0 Å².